The molecule has 0 spiro atoms. The SMILES string of the molecule is Cc1ccc(S(=O)(=O)N2CCC(CBr)C2)c2cccnc12. The minimum absolute atomic E-state index is 0.367. The maximum Gasteiger partial charge on any atom is 0.243 e. The smallest absolute Gasteiger partial charge is 0.243 e. The number of benzene rings is 1. The van der Waals surface area contributed by atoms with Crippen LogP contribution in [0.2, 0.25) is 0 Å². The highest BCUT2D eigenvalue weighted by Gasteiger charge is 2.33. The first-order chi connectivity index (χ1) is 10.0. The third-order valence-corrected chi connectivity index (χ3v) is 6.85. The van der Waals surface area contributed by atoms with Crippen molar-refractivity contribution in [1.29, 1.82) is 0 Å². The zero-order valence-electron chi connectivity index (χ0n) is 11.8. The number of aromatic nitrogens is 1. The Hall–Kier alpha value is -0.980. The van der Waals surface area contributed by atoms with Crippen molar-refractivity contribution in [2.24, 2.45) is 5.92 Å². The molecule has 2 heterocycles. The zero-order chi connectivity index (χ0) is 15.0. The van der Waals surface area contributed by atoms with Crippen molar-refractivity contribution in [1.82, 2.24) is 9.29 Å². The molecule has 1 aliphatic rings. The number of fused-ring (bicyclic) bond motifs is 1. The van der Waals surface area contributed by atoms with Gasteiger partial charge >= 0.3 is 0 Å². The first kappa shape index (κ1) is 14.9. The molecule has 1 saturated heterocycles. The number of aryl methyl sites for hydroxylation is 1. The van der Waals surface area contributed by atoms with Crippen molar-refractivity contribution in [3.8, 4) is 0 Å². The average molecular weight is 369 g/mol. The number of alkyl halides is 1. The van der Waals surface area contributed by atoms with E-state index >= 15 is 0 Å². The molecule has 6 heteroatoms. The van der Waals surface area contributed by atoms with Crippen molar-refractivity contribution in [2.45, 2.75) is 18.2 Å². The molecule has 0 N–H and O–H groups in total. The van der Waals surface area contributed by atoms with Crippen LogP contribution in [0.4, 0.5) is 0 Å². The summed E-state index contributed by atoms with van der Waals surface area (Å²) in [5.41, 5.74) is 1.75. The van der Waals surface area contributed by atoms with Gasteiger partial charge in [-0.3, -0.25) is 4.98 Å². The Labute approximate surface area is 133 Å². The van der Waals surface area contributed by atoms with E-state index in [1.165, 1.54) is 0 Å². The Kier molecular flexibility index (Phi) is 4.03. The summed E-state index contributed by atoms with van der Waals surface area (Å²) >= 11 is 3.44. The van der Waals surface area contributed by atoms with Crippen LogP contribution < -0.4 is 0 Å². The Morgan fingerprint density at radius 3 is 2.90 bits per heavy atom. The van der Waals surface area contributed by atoms with Gasteiger partial charge in [-0.05, 0) is 43.0 Å². The molecule has 3 rings (SSSR count). The average Bonchev–Trinajstić information content (AvgIpc) is 2.97. The van der Waals surface area contributed by atoms with E-state index in [-0.39, 0.29) is 0 Å². The molecule has 1 unspecified atom stereocenters. The van der Waals surface area contributed by atoms with E-state index in [2.05, 4.69) is 20.9 Å². The lowest BCUT2D eigenvalue weighted by molar-refractivity contribution is 0.466. The molecule has 0 radical (unpaired) electrons. The Morgan fingerprint density at radius 2 is 2.19 bits per heavy atom. The van der Waals surface area contributed by atoms with Crippen LogP contribution in [0.5, 0.6) is 0 Å². The second-order valence-electron chi connectivity index (χ2n) is 5.45. The van der Waals surface area contributed by atoms with E-state index in [9.17, 15) is 8.42 Å². The van der Waals surface area contributed by atoms with Crippen LogP contribution in [0, 0.1) is 12.8 Å². The number of pyridine rings is 1. The minimum Gasteiger partial charge on any atom is -0.256 e. The van der Waals surface area contributed by atoms with E-state index in [4.69, 9.17) is 0 Å². The Bertz CT molecular complexity index is 776. The summed E-state index contributed by atoms with van der Waals surface area (Å²) in [5.74, 6) is 0.398. The van der Waals surface area contributed by atoms with Crippen LogP contribution in [0.25, 0.3) is 10.9 Å². The number of halogens is 1. The maximum atomic E-state index is 12.9. The van der Waals surface area contributed by atoms with Gasteiger partial charge in [0.05, 0.1) is 10.4 Å². The van der Waals surface area contributed by atoms with Gasteiger partial charge in [0.25, 0.3) is 0 Å². The fourth-order valence-corrected chi connectivity index (χ4v) is 5.04. The van der Waals surface area contributed by atoms with Crippen molar-refractivity contribution >= 4 is 36.9 Å². The molecule has 21 heavy (non-hydrogen) atoms. The number of rotatable bonds is 3. The van der Waals surface area contributed by atoms with Gasteiger partial charge in [0.1, 0.15) is 0 Å². The molecule has 1 fully saturated rings. The summed E-state index contributed by atoms with van der Waals surface area (Å²) in [7, 11) is -3.45. The number of nitrogens with zero attached hydrogens (tertiary/aromatic N) is 2. The second kappa shape index (κ2) is 5.66. The Morgan fingerprint density at radius 1 is 1.38 bits per heavy atom. The minimum atomic E-state index is -3.45. The van der Waals surface area contributed by atoms with Crippen LogP contribution in [-0.4, -0.2) is 36.1 Å². The van der Waals surface area contributed by atoms with Gasteiger partial charge < -0.3 is 0 Å². The van der Waals surface area contributed by atoms with E-state index < -0.39 is 10.0 Å². The van der Waals surface area contributed by atoms with Gasteiger partial charge in [-0.1, -0.05) is 22.0 Å². The third-order valence-electron chi connectivity index (χ3n) is 4.02. The molecular formula is C15H17BrN2O2S. The quantitative estimate of drug-likeness (QED) is 0.782. The lowest BCUT2D eigenvalue weighted by atomic mass is 10.1. The number of sulfonamides is 1. The van der Waals surface area contributed by atoms with E-state index in [1.54, 1.807) is 22.6 Å². The summed E-state index contributed by atoms with van der Waals surface area (Å²) in [6.45, 7) is 3.12. The molecule has 1 aromatic carbocycles. The van der Waals surface area contributed by atoms with E-state index in [1.807, 2.05) is 19.1 Å². The molecule has 0 aliphatic carbocycles. The van der Waals surface area contributed by atoms with Crippen molar-refractivity contribution in [3.63, 3.8) is 0 Å². The highest BCUT2D eigenvalue weighted by atomic mass is 79.9. The van der Waals surface area contributed by atoms with Gasteiger partial charge in [-0.2, -0.15) is 4.31 Å². The predicted molar refractivity (Wildman–Crippen MR) is 87.1 cm³/mol. The first-order valence-corrected chi connectivity index (χ1v) is 9.50. The largest absolute Gasteiger partial charge is 0.256 e. The lowest BCUT2D eigenvalue weighted by Crippen LogP contribution is -2.29. The zero-order valence-corrected chi connectivity index (χ0v) is 14.2. The standard InChI is InChI=1S/C15H17BrN2O2S/c1-11-4-5-14(13-3-2-7-17-15(11)13)21(19,20)18-8-6-12(9-16)10-18/h2-5,7,12H,6,8-10H2,1H3. The van der Waals surface area contributed by atoms with E-state index in [0.29, 0.717) is 29.3 Å². The fourth-order valence-electron chi connectivity index (χ4n) is 2.79. The van der Waals surface area contributed by atoms with Crippen molar-refractivity contribution in [2.75, 3.05) is 18.4 Å². The lowest BCUT2D eigenvalue weighted by Gasteiger charge is -2.18. The van der Waals surface area contributed by atoms with E-state index in [0.717, 1.165) is 22.8 Å². The normalized spacial score (nSPS) is 20.2. The molecule has 112 valence electrons. The molecule has 1 aliphatic heterocycles. The van der Waals surface area contributed by atoms with Crippen LogP contribution in [0.15, 0.2) is 35.4 Å². The van der Waals surface area contributed by atoms with Crippen LogP contribution in [-0.2, 0) is 10.0 Å². The first-order valence-electron chi connectivity index (χ1n) is 6.94. The number of hydrogen-bond donors (Lipinski definition) is 0. The third kappa shape index (κ3) is 2.60. The van der Waals surface area contributed by atoms with Crippen molar-refractivity contribution < 1.29 is 8.42 Å². The van der Waals surface area contributed by atoms with Crippen LogP contribution in [0.3, 0.4) is 0 Å². The summed E-state index contributed by atoms with van der Waals surface area (Å²) < 4.78 is 27.4. The van der Waals surface area contributed by atoms with Gasteiger partial charge in [0, 0.05) is 30.0 Å². The molecule has 0 bridgehead atoms. The van der Waals surface area contributed by atoms with Crippen LogP contribution in [0.1, 0.15) is 12.0 Å². The maximum absolute atomic E-state index is 12.9. The molecule has 0 amide bonds. The molecule has 1 atom stereocenters. The predicted octanol–water partition coefficient (Wildman–Crippen LogP) is 2.95. The van der Waals surface area contributed by atoms with Gasteiger partial charge in [0.2, 0.25) is 10.0 Å². The van der Waals surface area contributed by atoms with Gasteiger partial charge in [-0.25, -0.2) is 8.42 Å². The molecule has 1 aromatic heterocycles. The second-order valence-corrected chi connectivity index (χ2v) is 8.01. The summed E-state index contributed by atoms with van der Waals surface area (Å²) in [5, 5.41) is 1.55. The Balaban J connectivity index is 2.10. The highest BCUT2D eigenvalue weighted by Crippen LogP contribution is 2.30. The summed E-state index contributed by atoms with van der Waals surface area (Å²) in [4.78, 5) is 4.69. The molecule has 2 aromatic rings. The van der Waals surface area contributed by atoms with Crippen molar-refractivity contribution in [3.05, 3.63) is 36.0 Å². The molecular weight excluding hydrogens is 352 g/mol. The van der Waals surface area contributed by atoms with Crippen LogP contribution >= 0.6 is 15.9 Å². The molecule has 4 nitrogen and oxygen atoms in total. The number of hydrogen-bond acceptors (Lipinski definition) is 3. The van der Waals surface area contributed by atoms with Gasteiger partial charge in [-0.15, -0.1) is 0 Å². The molecule has 0 saturated carbocycles. The monoisotopic (exact) mass is 368 g/mol. The van der Waals surface area contributed by atoms with Gasteiger partial charge in [0.15, 0.2) is 0 Å². The summed E-state index contributed by atoms with van der Waals surface area (Å²) in [6.07, 6.45) is 2.61. The summed E-state index contributed by atoms with van der Waals surface area (Å²) in [6, 6.07) is 7.16. The highest BCUT2D eigenvalue weighted by molar-refractivity contribution is 9.09. The topological polar surface area (TPSA) is 50.3 Å². The fraction of sp³-hybridized carbons (Fsp3) is 0.400.